The van der Waals surface area contributed by atoms with Crippen molar-refractivity contribution in [3.8, 4) is 0 Å². The summed E-state index contributed by atoms with van der Waals surface area (Å²) in [6.07, 6.45) is 4.11. The summed E-state index contributed by atoms with van der Waals surface area (Å²) >= 11 is 0. The molecule has 2 unspecified atom stereocenters. The normalized spacial score (nSPS) is 24.7. The smallest absolute Gasteiger partial charge is 0.193 e. The molecule has 0 radical (unpaired) electrons. The molecule has 0 spiro atoms. The van der Waals surface area contributed by atoms with E-state index < -0.39 is 0 Å². The fraction of sp³-hybridized carbons (Fsp3) is 0.611. The first-order chi connectivity index (χ1) is 10.5. The maximum absolute atomic E-state index is 10.3. The van der Waals surface area contributed by atoms with Crippen LogP contribution < -0.4 is 5.32 Å². The number of halogens is 1. The third kappa shape index (κ3) is 5.95. The molecule has 0 aromatic heterocycles. The Morgan fingerprint density at radius 1 is 1.30 bits per heavy atom. The van der Waals surface area contributed by atoms with Crippen molar-refractivity contribution < 1.29 is 5.11 Å². The van der Waals surface area contributed by atoms with Gasteiger partial charge in [0.25, 0.3) is 0 Å². The van der Waals surface area contributed by atoms with Gasteiger partial charge in [0, 0.05) is 26.1 Å². The van der Waals surface area contributed by atoms with E-state index in [0.717, 1.165) is 31.8 Å². The molecular formula is C18H30IN3O. The van der Waals surface area contributed by atoms with E-state index in [1.807, 2.05) is 37.2 Å². The largest absolute Gasteiger partial charge is 0.392 e. The van der Waals surface area contributed by atoms with Gasteiger partial charge in [0.1, 0.15) is 0 Å². The van der Waals surface area contributed by atoms with E-state index in [9.17, 15) is 5.11 Å². The average Bonchev–Trinajstić information content (AvgIpc) is 2.51. The molecule has 4 nitrogen and oxygen atoms in total. The third-order valence-corrected chi connectivity index (χ3v) is 4.61. The van der Waals surface area contributed by atoms with Crippen LogP contribution in [0.3, 0.4) is 0 Å². The standard InChI is InChI=1S/C18H29N3O.HI/c1-18(12-8-7-11-16(18)22)14-20-17(21(2)3)19-13-15-9-5-4-6-10-15;/h4-6,9-10,16,22H,7-8,11-14H2,1-3H3,(H,19,20);1H. The minimum atomic E-state index is -0.216. The Labute approximate surface area is 157 Å². The highest BCUT2D eigenvalue weighted by Crippen LogP contribution is 2.35. The molecule has 1 aliphatic carbocycles. The van der Waals surface area contributed by atoms with Gasteiger partial charge in [-0.25, -0.2) is 4.99 Å². The molecule has 130 valence electrons. The van der Waals surface area contributed by atoms with Crippen LogP contribution in [0, 0.1) is 5.41 Å². The van der Waals surface area contributed by atoms with E-state index >= 15 is 0 Å². The van der Waals surface area contributed by atoms with Gasteiger partial charge in [-0.15, -0.1) is 24.0 Å². The zero-order valence-electron chi connectivity index (χ0n) is 14.5. The van der Waals surface area contributed by atoms with Crippen molar-refractivity contribution in [2.24, 2.45) is 10.4 Å². The molecule has 1 aromatic carbocycles. The number of aliphatic imine (C=N–C) groups is 1. The SMILES string of the molecule is CN(C)C(=NCc1ccccc1)NCC1(C)CCCCC1O.I. The molecule has 1 fully saturated rings. The van der Waals surface area contributed by atoms with Crippen molar-refractivity contribution >= 4 is 29.9 Å². The van der Waals surface area contributed by atoms with E-state index in [1.165, 1.54) is 12.0 Å². The van der Waals surface area contributed by atoms with E-state index in [-0.39, 0.29) is 35.5 Å². The van der Waals surface area contributed by atoms with E-state index in [1.54, 1.807) is 0 Å². The number of nitrogens with one attached hydrogen (secondary N) is 1. The summed E-state index contributed by atoms with van der Waals surface area (Å²) in [6, 6.07) is 10.3. The van der Waals surface area contributed by atoms with E-state index in [4.69, 9.17) is 0 Å². The number of hydrogen-bond acceptors (Lipinski definition) is 2. The van der Waals surface area contributed by atoms with Crippen LogP contribution in [-0.2, 0) is 6.54 Å². The lowest BCUT2D eigenvalue weighted by Crippen LogP contribution is -2.48. The van der Waals surface area contributed by atoms with Crippen LogP contribution >= 0.6 is 24.0 Å². The molecule has 2 atom stereocenters. The first kappa shape index (κ1) is 20.2. The fourth-order valence-corrected chi connectivity index (χ4v) is 2.97. The second-order valence-corrected chi connectivity index (χ2v) is 6.79. The average molecular weight is 431 g/mol. The molecule has 1 aromatic rings. The monoisotopic (exact) mass is 431 g/mol. The van der Waals surface area contributed by atoms with Crippen molar-refractivity contribution in [1.29, 1.82) is 0 Å². The van der Waals surface area contributed by atoms with Gasteiger partial charge in [-0.3, -0.25) is 0 Å². The van der Waals surface area contributed by atoms with Crippen LogP contribution in [0.2, 0.25) is 0 Å². The number of hydrogen-bond donors (Lipinski definition) is 2. The molecule has 0 amide bonds. The van der Waals surface area contributed by atoms with Gasteiger partial charge >= 0.3 is 0 Å². The zero-order chi connectivity index (χ0) is 16.0. The van der Waals surface area contributed by atoms with Crippen molar-refractivity contribution in [2.45, 2.75) is 45.3 Å². The van der Waals surface area contributed by atoms with Crippen LogP contribution in [0.5, 0.6) is 0 Å². The predicted octanol–water partition coefficient (Wildman–Crippen LogP) is 3.25. The lowest BCUT2D eigenvalue weighted by Gasteiger charge is -2.39. The van der Waals surface area contributed by atoms with Crippen LogP contribution in [0.15, 0.2) is 35.3 Å². The predicted molar refractivity (Wildman–Crippen MR) is 107 cm³/mol. The van der Waals surface area contributed by atoms with Gasteiger partial charge in [-0.2, -0.15) is 0 Å². The Balaban J connectivity index is 0.00000264. The maximum Gasteiger partial charge on any atom is 0.193 e. The van der Waals surface area contributed by atoms with Gasteiger partial charge in [0.15, 0.2) is 5.96 Å². The van der Waals surface area contributed by atoms with Crippen molar-refractivity contribution in [2.75, 3.05) is 20.6 Å². The zero-order valence-corrected chi connectivity index (χ0v) is 16.8. The summed E-state index contributed by atoms with van der Waals surface area (Å²) < 4.78 is 0. The number of rotatable bonds is 4. The Morgan fingerprint density at radius 2 is 2.00 bits per heavy atom. The molecule has 0 saturated heterocycles. The fourth-order valence-electron chi connectivity index (χ4n) is 2.97. The quantitative estimate of drug-likeness (QED) is 0.437. The number of guanidine groups is 1. The van der Waals surface area contributed by atoms with Crippen LogP contribution in [0.25, 0.3) is 0 Å². The van der Waals surface area contributed by atoms with Crippen LogP contribution in [-0.4, -0.2) is 42.7 Å². The second-order valence-electron chi connectivity index (χ2n) is 6.79. The summed E-state index contributed by atoms with van der Waals surface area (Å²) in [7, 11) is 3.99. The van der Waals surface area contributed by atoms with Crippen molar-refractivity contribution in [1.82, 2.24) is 10.2 Å². The van der Waals surface area contributed by atoms with E-state index in [0.29, 0.717) is 6.54 Å². The second kappa shape index (κ2) is 9.47. The summed E-state index contributed by atoms with van der Waals surface area (Å²) in [5.74, 6) is 0.878. The van der Waals surface area contributed by atoms with Crippen LogP contribution in [0.4, 0.5) is 0 Å². The molecule has 1 saturated carbocycles. The number of nitrogens with zero attached hydrogens (tertiary/aromatic N) is 2. The molecule has 2 N–H and O–H groups in total. The van der Waals surface area contributed by atoms with Crippen molar-refractivity contribution in [3.05, 3.63) is 35.9 Å². The van der Waals surface area contributed by atoms with Crippen LogP contribution in [0.1, 0.15) is 38.2 Å². The maximum atomic E-state index is 10.3. The number of aliphatic hydroxyl groups is 1. The molecule has 23 heavy (non-hydrogen) atoms. The molecule has 1 aliphatic rings. The van der Waals surface area contributed by atoms with Gasteiger partial charge in [-0.05, 0) is 18.4 Å². The lowest BCUT2D eigenvalue weighted by atomic mass is 9.73. The molecular weight excluding hydrogens is 401 g/mol. The minimum absolute atomic E-state index is 0. The highest BCUT2D eigenvalue weighted by molar-refractivity contribution is 14.0. The molecule has 0 aliphatic heterocycles. The third-order valence-electron chi connectivity index (χ3n) is 4.61. The van der Waals surface area contributed by atoms with Gasteiger partial charge in [0.05, 0.1) is 12.6 Å². The summed E-state index contributed by atoms with van der Waals surface area (Å²) in [6.45, 7) is 3.61. The summed E-state index contributed by atoms with van der Waals surface area (Å²) in [5, 5.41) is 13.7. The minimum Gasteiger partial charge on any atom is -0.392 e. The Bertz CT molecular complexity index is 492. The number of benzene rings is 1. The van der Waals surface area contributed by atoms with E-state index in [2.05, 4.69) is 29.4 Å². The van der Waals surface area contributed by atoms with Gasteiger partial charge in [0.2, 0.25) is 0 Å². The highest BCUT2D eigenvalue weighted by atomic mass is 127. The first-order valence-electron chi connectivity index (χ1n) is 8.19. The van der Waals surface area contributed by atoms with Gasteiger partial charge in [-0.1, -0.05) is 50.1 Å². The molecule has 0 bridgehead atoms. The molecule has 5 heteroatoms. The highest BCUT2D eigenvalue weighted by Gasteiger charge is 2.35. The van der Waals surface area contributed by atoms with Gasteiger partial charge < -0.3 is 15.3 Å². The lowest BCUT2D eigenvalue weighted by molar-refractivity contribution is 0.00375. The topological polar surface area (TPSA) is 47.9 Å². The summed E-state index contributed by atoms with van der Waals surface area (Å²) in [4.78, 5) is 6.69. The Hall–Kier alpha value is -0.820. The Morgan fingerprint density at radius 3 is 2.61 bits per heavy atom. The summed E-state index contributed by atoms with van der Waals surface area (Å²) in [5.41, 5.74) is 1.15. The van der Waals surface area contributed by atoms with Crippen molar-refractivity contribution in [3.63, 3.8) is 0 Å². The molecule has 0 heterocycles. The number of aliphatic hydroxyl groups excluding tert-OH is 1. The molecule has 2 rings (SSSR count). The Kier molecular flexibility index (Phi) is 8.33. The first-order valence-corrected chi connectivity index (χ1v) is 8.19.